The van der Waals surface area contributed by atoms with E-state index in [0.29, 0.717) is 17.2 Å². The van der Waals surface area contributed by atoms with Gasteiger partial charge in [0.1, 0.15) is 17.9 Å². The van der Waals surface area contributed by atoms with E-state index >= 15 is 0 Å². The van der Waals surface area contributed by atoms with Gasteiger partial charge in [0.2, 0.25) is 5.91 Å². The quantitative estimate of drug-likeness (QED) is 0.816. The maximum absolute atomic E-state index is 11.7. The molecule has 0 aliphatic carbocycles. The van der Waals surface area contributed by atoms with Crippen molar-refractivity contribution >= 4 is 11.6 Å². The summed E-state index contributed by atoms with van der Waals surface area (Å²) in [5.74, 6) is 0.950. The first-order chi connectivity index (χ1) is 8.54. The van der Waals surface area contributed by atoms with Gasteiger partial charge >= 0.3 is 0 Å². The largest absolute Gasteiger partial charge is 0.496 e. The van der Waals surface area contributed by atoms with Crippen molar-refractivity contribution < 1.29 is 14.3 Å². The highest BCUT2D eigenvalue weighted by atomic mass is 16.5. The van der Waals surface area contributed by atoms with Crippen molar-refractivity contribution in [1.29, 1.82) is 5.26 Å². The maximum atomic E-state index is 11.7. The molecule has 1 amide bonds. The first kappa shape index (κ1) is 13.8. The second kappa shape index (κ2) is 5.92. The smallest absolute Gasteiger partial charge is 0.241 e. The Labute approximate surface area is 107 Å². The average molecular weight is 248 g/mol. The van der Waals surface area contributed by atoms with E-state index in [2.05, 4.69) is 0 Å². The lowest BCUT2D eigenvalue weighted by atomic mass is 10.1. The molecule has 0 aliphatic rings. The number of nitriles is 1. The average Bonchev–Trinajstić information content (AvgIpc) is 2.37. The summed E-state index contributed by atoms with van der Waals surface area (Å²) in [7, 11) is 4.70. The van der Waals surface area contributed by atoms with Crippen molar-refractivity contribution in [2.75, 3.05) is 26.2 Å². The number of carbonyl (C=O) groups excluding carboxylic acids is 1. The van der Waals surface area contributed by atoms with Crippen LogP contribution in [-0.2, 0) is 4.79 Å². The van der Waals surface area contributed by atoms with E-state index in [-0.39, 0.29) is 12.3 Å². The van der Waals surface area contributed by atoms with Crippen LogP contribution >= 0.6 is 0 Å². The molecule has 1 aromatic carbocycles. The van der Waals surface area contributed by atoms with Crippen LogP contribution in [0.5, 0.6) is 11.5 Å². The van der Waals surface area contributed by atoms with Gasteiger partial charge in [0.15, 0.2) is 0 Å². The Kier molecular flexibility index (Phi) is 4.55. The summed E-state index contributed by atoms with van der Waals surface area (Å²) in [5.41, 5.74) is 1.50. The lowest BCUT2D eigenvalue weighted by molar-refractivity contribution is -0.117. The normalized spacial score (nSPS) is 9.50. The van der Waals surface area contributed by atoms with Gasteiger partial charge < -0.3 is 14.4 Å². The third kappa shape index (κ3) is 2.72. The number of nitrogens with zero attached hydrogens (tertiary/aromatic N) is 2. The van der Waals surface area contributed by atoms with E-state index < -0.39 is 0 Å². The zero-order valence-corrected chi connectivity index (χ0v) is 11.0. The van der Waals surface area contributed by atoms with Gasteiger partial charge in [-0.25, -0.2) is 0 Å². The zero-order valence-electron chi connectivity index (χ0n) is 11.0. The Morgan fingerprint density at radius 3 is 2.44 bits per heavy atom. The molecule has 0 spiro atoms. The number of carbonyl (C=O) groups is 1. The summed E-state index contributed by atoms with van der Waals surface area (Å²) in [6, 6.07) is 5.35. The second-order valence-electron chi connectivity index (χ2n) is 3.78. The molecule has 0 atom stereocenters. The van der Waals surface area contributed by atoms with Crippen molar-refractivity contribution in [2.24, 2.45) is 0 Å². The topological polar surface area (TPSA) is 62.6 Å². The van der Waals surface area contributed by atoms with Crippen LogP contribution in [0, 0.1) is 18.3 Å². The summed E-state index contributed by atoms with van der Waals surface area (Å²) in [4.78, 5) is 13.1. The van der Waals surface area contributed by atoms with Gasteiger partial charge in [-0.2, -0.15) is 5.26 Å². The zero-order chi connectivity index (χ0) is 13.7. The molecule has 96 valence electrons. The number of ether oxygens (including phenoxy) is 2. The minimum atomic E-state index is -0.290. The van der Waals surface area contributed by atoms with Gasteiger partial charge in [-0.05, 0) is 18.6 Å². The molecule has 0 saturated heterocycles. The molecular weight excluding hydrogens is 232 g/mol. The standard InChI is InChI=1S/C13H16N2O3/c1-9-7-12(18-4)10(8-11(9)17-3)15(2)13(16)5-6-14/h7-8H,5H2,1-4H3. The summed E-state index contributed by atoms with van der Waals surface area (Å²) in [6.07, 6.45) is -0.171. The molecule has 18 heavy (non-hydrogen) atoms. The maximum Gasteiger partial charge on any atom is 0.241 e. The number of hydrogen-bond donors (Lipinski definition) is 0. The molecule has 1 aromatic rings. The predicted octanol–water partition coefficient (Wildman–Crippen LogP) is 1.89. The Morgan fingerprint density at radius 2 is 1.94 bits per heavy atom. The molecular formula is C13H16N2O3. The molecule has 0 heterocycles. The van der Waals surface area contributed by atoms with Crippen LogP contribution < -0.4 is 14.4 Å². The molecule has 5 nitrogen and oxygen atoms in total. The van der Waals surface area contributed by atoms with Crippen LogP contribution in [0.3, 0.4) is 0 Å². The first-order valence-electron chi connectivity index (χ1n) is 5.41. The molecule has 0 saturated carbocycles. The lowest BCUT2D eigenvalue weighted by Crippen LogP contribution is -2.26. The third-order valence-corrected chi connectivity index (χ3v) is 2.66. The molecule has 0 unspecified atom stereocenters. The van der Waals surface area contributed by atoms with E-state index in [1.807, 2.05) is 13.0 Å². The highest BCUT2D eigenvalue weighted by Crippen LogP contribution is 2.34. The van der Waals surface area contributed by atoms with Crippen LogP contribution in [0.15, 0.2) is 12.1 Å². The SMILES string of the molecule is COc1cc(N(C)C(=O)CC#N)c(OC)cc1C. The third-order valence-electron chi connectivity index (χ3n) is 2.66. The summed E-state index contributed by atoms with van der Waals surface area (Å²) < 4.78 is 10.5. The van der Waals surface area contributed by atoms with Gasteiger partial charge in [-0.15, -0.1) is 0 Å². The molecule has 0 radical (unpaired) electrons. The molecule has 5 heteroatoms. The minimum absolute atomic E-state index is 0.171. The lowest BCUT2D eigenvalue weighted by Gasteiger charge is -2.20. The van der Waals surface area contributed by atoms with E-state index in [1.54, 1.807) is 26.3 Å². The number of aryl methyl sites for hydroxylation is 1. The Bertz CT molecular complexity index is 492. The van der Waals surface area contributed by atoms with Crippen LogP contribution in [0.2, 0.25) is 0 Å². The number of benzene rings is 1. The highest BCUT2D eigenvalue weighted by Gasteiger charge is 2.17. The van der Waals surface area contributed by atoms with E-state index in [9.17, 15) is 4.79 Å². The van der Waals surface area contributed by atoms with Crippen LogP contribution in [0.25, 0.3) is 0 Å². The van der Waals surface area contributed by atoms with Gasteiger partial charge in [-0.3, -0.25) is 4.79 Å². The monoisotopic (exact) mass is 248 g/mol. The minimum Gasteiger partial charge on any atom is -0.496 e. The fraction of sp³-hybridized carbons (Fsp3) is 0.385. The summed E-state index contributed by atoms with van der Waals surface area (Å²) >= 11 is 0. The van der Waals surface area contributed by atoms with Crippen molar-refractivity contribution in [3.8, 4) is 17.6 Å². The highest BCUT2D eigenvalue weighted by molar-refractivity contribution is 5.95. The van der Waals surface area contributed by atoms with Crippen molar-refractivity contribution in [3.05, 3.63) is 17.7 Å². The molecule has 1 rings (SSSR count). The summed E-state index contributed by atoms with van der Waals surface area (Å²) in [5, 5.41) is 8.55. The van der Waals surface area contributed by atoms with E-state index in [1.165, 1.54) is 12.0 Å². The molecule has 0 aromatic heterocycles. The number of rotatable bonds is 4. The summed E-state index contributed by atoms with van der Waals surface area (Å²) in [6.45, 7) is 1.89. The van der Waals surface area contributed by atoms with Gasteiger partial charge in [0.25, 0.3) is 0 Å². The molecule has 0 fully saturated rings. The van der Waals surface area contributed by atoms with Crippen LogP contribution in [0.1, 0.15) is 12.0 Å². The molecule has 0 bridgehead atoms. The Hall–Kier alpha value is -2.22. The fourth-order valence-electron chi connectivity index (χ4n) is 1.62. The first-order valence-corrected chi connectivity index (χ1v) is 5.41. The molecule has 0 N–H and O–H groups in total. The fourth-order valence-corrected chi connectivity index (χ4v) is 1.62. The number of hydrogen-bond acceptors (Lipinski definition) is 4. The van der Waals surface area contributed by atoms with Gasteiger partial charge in [0, 0.05) is 13.1 Å². The van der Waals surface area contributed by atoms with Crippen LogP contribution in [-0.4, -0.2) is 27.2 Å². The second-order valence-corrected chi connectivity index (χ2v) is 3.78. The number of anilines is 1. The Balaban J connectivity index is 3.21. The number of methoxy groups -OCH3 is 2. The molecule has 0 aliphatic heterocycles. The van der Waals surface area contributed by atoms with Crippen molar-refractivity contribution in [3.63, 3.8) is 0 Å². The Morgan fingerprint density at radius 1 is 1.33 bits per heavy atom. The van der Waals surface area contributed by atoms with Crippen molar-refractivity contribution in [2.45, 2.75) is 13.3 Å². The van der Waals surface area contributed by atoms with Gasteiger partial charge in [-0.1, -0.05) is 0 Å². The predicted molar refractivity (Wildman–Crippen MR) is 67.9 cm³/mol. The number of amides is 1. The van der Waals surface area contributed by atoms with E-state index in [4.69, 9.17) is 14.7 Å². The van der Waals surface area contributed by atoms with Crippen molar-refractivity contribution in [1.82, 2.24) is 0 Å². The van der Waals surface area contributed by atoms with Gasteiger partial charge in [0.05, 0.1) is 26.0 Å². The van der Waals surface area contributed by atoms with E-state index in [0.717, 1.165) is 5.56 Å². The van der Waals surface area contributed by atoms with Crippen LogP contribution in [0.4, 0.5) is 5.69 Å².